The van der Waals surface area contributed by atoms with Gasteiger partial charge in [-0.2, -0.15) is 0 Å². The molecule has 11 heavy (non-hydrogen) atoms. The lowest BCUT2D eigenvalue weighted by Crippen LogP contribution is -2.36. The van der Waals surface area contributed by atoms with Crippen molar-refractivity contribution in [2.45, 2.75) is 40.7 Å². The van der Waals surface area contributed by atoms with Gasteiger partial charge in [-0.15, -0.1) is 0 Å². The third-order valence-electron chi connectivity index (χ3n) is 1.66. The molecule has 0 fully saturated rings. The highest BCUT2D eigenvalue weighted by atomic mass is 16.3. The molecule has 0 rings (SSSR count). The van der Waals surface area contributed by atoms with Crippen LogP contribution >= 0.6 is 0 Å². The molecule has 0 aromatic heterocycles. The van der Waals surface area contributed by atoms with E-state index < -0.39 is 6.10 Å². The predicted octanol–water partition coefficient (Wildman–Crippen LogP) is 1.62. The van der Waals surface area contributed by atoms with Crippen LogP contribution in [0.4, 0.5) is 0 Å². The maximum atomic E-state index is 11.2. The monoisotopic (exact) mass is 158 g/mol. The number of Topliss-reactive ketones (excluding diaryl/α,β-unsaturated/α-hetero) is 1. The summed E-state index contributed by atoms with van der Waals surface area (Å²) < 4.78 is 0. The van der Waals surface area contributed by atoms with Crippen molar-refractivity contribution in [1.29, 1.82) is 0 Å². The molecule has 1 atom stereocenters. The first kappa shape index (κ1) is 10.6. The third-order valence-corrected chi connectivity index (χ3v) is 1.66. The molecule has 0 aromatic rings. The standard InChI is InChI=1S/C9H18O2/c1-6(2)7(10)8(11)9(3,4)5/h6,8,11H,1-5H3. The summed E-state index contributed by atoms with van der Waals surface area (Å²) in [5, 5.41) is 9.48. The minimum absolute atomic E-state index is 0.0718. The fourth-order valence-corrected chi connectivity index (χ4v) is 0.743. The van der Waals surface area contributed by atoms with Crippen LogP contribution in [-0.4, -0.2) is 17.0 Å². The van der Waals surface area contributed by atoms with Crippen molar-refractivity contribution in [3.05, 3.63) is 0 Å². The quantitative estimate of drug-likeness (QED) is 0.663. The Hall–Kier alpha value is -0.370. The Bertz CT molecular complexity index is 142. The van der Waals surface area contributed by atoms with Crippen LogP contribution < -0.4 is 0 Å². The van der Waals surface area contributed by atoms with E-state index >= 15 is 0 Å². The SMILES string of the molecule is CC(C)C(=O)C(O)C(C)(C)C. The maximum Gasteiger partial charge on any atom is 0.164 e. The molecular formula is C9H18O2. The van der Waals surface area contributed by atoms with Crippen LogP contribution in [0.25, 0.3) is 0 Å². The minimum Gasteiger partial charge on any atom is -0.385 e. The van der Waals surface area contributed by atoms with Gasteiger partial charge in [0.25, 0.3) is 0 Å². The van der Waals surface area contributed by atoms with Crippen LogP contribution in [0.1, 0.15) is 34.6 Å². The Morgan fingerprint density at radius 3 is 1.73 bits per heavy atom. The lowest BCUT2D eigenvalue weighted by molar-refractivity contribution is -0.135. The van der Waals surface area contributed by atoms with Crippen molar-refractivity contribution in [2.24, 2.45) is 11.3 Å². The third kappa shape index (κ3) is 3.02. The molecule has 0 aromatic carbocycles. The molecule has 66 valence electrons. The average molecular weight is 158 g/mol. The number of rotatable bonds is 2. The molecule has 0 spiro atoms. The molecule has 1 unspecified atom stereocenters. The highest BCUT2D eigenvalue weighted by molar-refractivity contribution is 5.85. The molecule has 0 saturated carbocycles. The number of aliphatic hydroxyl groups excluding tert-OH is 1. The first-order chi connectivity index (χ1) is 4.76. The summed E-state index contributed by atoms with van der Waals surface area (Å²) >= 11 is 0. The lowest BCUT2D eigenvalue weighted by atomic mass is 9.83. The highest BCUT2D eigenvalue weighted by Gasteiger charge is 2.29. The van der Waals surface area contributed by atoms with Gasteiger partial charge < -0.3 is 5.11 Å². The molecule has 0 bridgehead atoms. The van der Waals surface area contributed by atoms with Gasteiger partial charge in [0.05, 0.1) is 0 Å². The smallest absolute Gasteiger partial charge is 0.164 e. The normalized spacial score (nSPS) is 15.2. The summed E-state index contributed by atoms with van der Waals surface area (Å²) in [7, 11) is 0. The second-order valence-electron chi connectivity index (χ2n) is 4.33. The van der Waals surface area contributed by atoms with Crippen molar-refractivity contribution in [3.8, 4) is 0 Å². The zero-order valence-corrected chi connectivity index (χ0v) is 8.01. The summed E-state index contributed by atoms with van der Waals surface area (Å²) in [5.74, 6) is -0.151. The van der Waals surface area contributed by atoms with Crippen LogP contribution in [0.5, 0.6) is 0 Å². The first-order valence-electron chi connectivity index (χ1n) is 3.98. The van der Waals surface area contributed by atoms with Crippen molar-refractivity contribution >= 4 is 5.78 Å². The van der Waals surface area contributed by atoms with Gasteiger partial charge in [-0.1, -0.05) is 34.6 Å². The van der Waals surface area contributed by atoms with Gasteiger partial charge in [0.1, 0.15) is 6.10 Å². The second-order valence-corrected chi connectivity index (χ2v) is 4.33. The van der Waals surface area contributed by atoms with Crippen LogP contribution in [0.3, 0.4) is 0 Å². The van der Waals surface area contributed by atoms with Crippen molar-refractivity contribution < 1.29 is 9.90 Å². The summed E-state index contributed by atoms with van der Waals surface area (Å²) in [4.78, 5) is 11.2. The summed E-state index contributed by atoms with van der Waals surface area (Å²) in [6.45, 7) is 9.18. The van der Waals surface area contributed by atoms with E-state index in [-0.39, 0.29) is 17.1 Å². The molecule has 0 heterocycles. The van der Waals surface area contributed by atoms with Gasteiger partial charge >= 0.3 is 0 Å². The molecule has 0 aliphatic heterocycles. The molecule has 2 heteroatoms. The second kappa shape index (κ2) is 3.35. The van der Waals surface area contributed by atoms with Crippen molar-refractivity contribution in [1.82, 2.24) is 0 Å². The number of carbonyl (C=O) groups is 1. The van der Waals surface area contributed by atoms with E-state index in [1.54, 1.807) is 13.8 Å². The molecule has 2 nitrogen and oxygen atoms in total. The van der Waals surface area contributed by atoms with Crippen LogP contribution in [0.2, 0.25) is 0 Å². The van der Waals surface area contributed by atoms with E-state index in [9.17, 15) is 9.90 Å². The maximum absolute atomic E-state index is 11.2. The number of hydrogen-bond donors (Lipinski definition) is 1. The van der Waals surface area contributed by atoms with Gasteiger partial charge in [-0.05, 0) is 5.41 Å². The molecule has 0 radical (unpaired) electrons. The Labute approximate surface area is 68.6 Å². The number of ketones is 1. The Morgan fingerprint density at radius 1 is 1.27 bits per heavy atom. The predicted molar refractivity (Wildman–Crippen MR) is 45.3 cm³/mol. The summed E-state index contributed by atoms with van der Waals surface area (Å²) in [5.41, 5.74) is -0.332. The minimum atomic E-state index is -0.831. The van der Waals surface area contributed by atoms with Crippen molar-refractivity contribution in [2.75, 3.05) is 0 Å². The Balaban J connectivity index is 4.26. The van der Waals surface area contributed by atoms with E-state index in [0.717, 1.165) is 0 Å². The van der Waals surface area contributed by atoms with Crippen LogP contribution in [0, 0.1) is 11.3 Å². The van der Waals surface area contributed by atoms with E-state index in [4.69, 9.17) is 0 Å². The average Bonchev–Trinajstić information content (AvgIpc) is 1.82. The van der Waals surface area contributed by atoms with Gasteiger partial charge in [0.2, 0.25) is 0 Å². The number of hydrogen-bond acceptors (Lipinski definition) is 2. The topological polar surface area (TPSA) is 37.3 Å². The summed E-state index contributed by atoms with van der Waals surface area (Å²) in [6, 6.07) is 0. The molecule has 0 saturated heterocycles. The van der Waals surface area contributed by atoms with Gasteiger partial charge in [0, 0.05) is 5.92 Å². The largest absolute Gasteiger partial charge is 0.385 e. The van der Waals surface area contributed by atoms with Gasteiger partial charge in [0.15, 0.2) is 5.78 Å². The van der Waals surface area contributed by atoms with E-state index in [1.165, 1.54) is 0 Å². The first-order valence-corrected chi connectivity index (χ1v) is 3.98. The molecule has 0 aliphatic rings. The van der Waals surface area contributed by atoms with Crippen LogP contribution in [-0.2, 0) is 4.79 Å². The van der Waals surface area contributed by atoms with E-state index in [1.807, 2.05) is 20.8 Å². The molecule has 0 aliphatic carbocycles. The number of aliphatic hydroxyl groups is 1. The van der Waals surface area contributed by atoms with Crippen LogP contribution in [0.15, 0.2) is 0 Å². The molecular weight excluding hydrogens is 140 g/mol. The highest BCUT2D eigenvalue weighted by Crippen LogP contribution is 2.21. The zero-order chi connectivity index (χ0) is 9.23. The lowest BCUT2D eigenvalue weighted by Gasteiger charge is -2.25. The zero-order valence-electron chi connectivity index (χ0n) is 8.01. The Morgan fingerprint density at radius 2 is 1.64 bits per heavy atom. The fourth-order valence-electron chi connectivity index (χ4n) is 0.743. The molecule has 1 N–H and O–H groups in total. The van der Waals surface area contributed by atoms with Gasteiger partial charge in [-0.25, -0.2) is 0 Å². The summed E-state index contributed by atoms with van der Waals surface area (Å²) in [6.07, 6.45) is -0.831. The number of carbonyl (C=O) groups excluding carboxylic acids is 1. The van der Waals surface area contributed by atoms with E-state index in [0.29, 0.717) is 0 Å². The molecule has 0 amide bonds. The Kier molecular flexibility index (Phi) is 3.24. The van der Waals surface area contributed by atoms with Gasteiger partial charge in [-0.3, -0.25) is 4.79 Å². The van der Waals surface area contributed by atoms with Crippen molar-refractivity contribution in [3.63, 3.8) is 0 Å². The fraction of sp³-hybridized carbons (Fsp3) is 0.889. The van der Waals surface area contributed by atoms with E-state index in [2.05, 4.69) is 0 Å².